The minimum atomic E-state index is -0.999. The number of aromatic amines is 1. The van der Waals surface area contributed by atoms with Gasteiger partial charge in [-0.15, -0.1) is 0 Å². The summed E-state index contributed by atoms with van der Waals surface area (Å²) in [5, 5.41) is 0.540. The molecule has 0 fully saturated rings. The second kappa shape index (κ2) is 4.25. The van der Waals surface area contributed by atoms with Crippen molar-refractivity contribution in [1.82, 2.24) is 9.97 Å². The maximum Gasteiger partial charge on any atom is 0.196 e. The molecule has 0 radical (unpaired) electrons. The molecule has 0 spiro atoms. The van der Waals surface area contributed by atoms with Crippen LogP contribution in [0.2, 0.25) is 0 Å². The summed E-state index contributed by atoms with van der Waals surface area (Å²) < 4.78 is 11.2. The number of nitrogens with zero attached hydrogens (tertiary/aromatic N) is 1. The largest absolute Gasteiger partial charge is 0.338 e. The van der Waals surface area contributed by atoms with E-state index in [0.717, 1.165) is 6.42 Å². The quantitative estimate of drug-likeness (QED) is 0.666. The molecule has 4 nitrogen and oxygen atoms in total. The molecule has 0 saturated carbocycles. The molecular weight excluding hydrogens is 162 g/mol. The molecule has 3 N–H and O–H groups in total. The third-order valence-electron chi connectivity index (χ3n) is 1.22. The Balaban J connectivity index is 2.43. The van der Waals surface area contributed by atoms with E-state index in [0.29, 0.717) is 17.5 Å². The molecule has 0 aliphatic carbocycles. The van der Waals surface area contributed by atoms with Crippen LogP contribution in [0.4, 0.5) is 0 Å². The molecule has 0 aliphatic heterocycles. The summed E-state index contributed by atoms with van der Waals surface area (Å²) >= 11 is 0. The number of hydrogen-bond donors (Lipinski definition) is 2. The highest BCUT2D eigenvalue weighted by atomic mass is 32.2. The van der Waals surface area contributed by atoms with Crippen LogP contribution >= 0.6 is 0 Å². The first kappa shape index (κ1) is 8.42. The molecule has 1 atom stereocenters. The van der Waals surface area contributed by atoms with Gasteiger partial charge in [0.05, 0.1) is 10.8 Å². The van der Waals surface area contributed by atoms with E-state index < -0.39 is 10.8 Å². The van der Waals surface area contributed by atoms with Gasteiger partial charge < -0.3 is 10.7 Å². The van der Waals surface area contributed by atoms with E-state index >= 15 is 0 Å². The average molecular weight is 173 g/mol. The van der Waals surface area contributed by atoms with Crippen molar-refractivity contribution in [2.24, 2.45) is 5.73 Å². The van der Waals surface area contributed by atoms with Crippen LogP contribution in [0.5, 0.6) is 0 Å². The number of hydrogen-bond acceptors (Lipinski definition) is 3. The number of nitrogens with one attached hydrogen (secondary N) is 1. The van der Waals surface area contributed by atoms with Gasteiger partial charge in [-0.1, -0.05) is 0 Å². The fraction of sp³-hybridized carbons (Fsp3) is 0.500. The fourth-order valence-corrected chi connectivity index (χ4v) is 1.69. The van der Waals surface area contributed by atoms with E-state index in [1.807, 2.05) is 0 Å². The highest BCUT2D eigenvalue weighted by Gasteiger charge is 2.03. The second-order valence-electron chi connectivity index (χ2n) is 2.09. The molecule has 1 heterocycles. The van der Waals surface area contributed by atoms with Gasteiger partial charge in [-0.25, -0.2) is 4.98 Å². The zero-order chi connectivity index (χ0) is 8.10. The van der Waals surface area contributed by atoms with E-state index in [9.17, 15) is 4.21 Å². The number of H-pyrrole nitrogens is 1. The Labute approximate surface area is 67.7 Å². The first-order chi connectivity index (χ1) is 5.34. The Morgan fingerprint density at radius 3 is 3.09 bits per heavy atom. The Kier molecular flexibility index (Phi) is 3.25. The number of imidazole rings is 1. The maximum absolute atomic E-state index is 11.2. The molecule has 0 amide bonds. The van der Waals surface area contributed by atoms with Crippen LogP contribution in [0.3, 0.4) is 0 Å². The van der Waals surface area contributed by atoms with Gasteiger partial charge in [0.2, 0.25) is 0 Å². The minimum Gasteiger partial charge on any atom is -0.338 e. The predicted octanol–water partition coefficient (Wildman–Crippen LogP) is -0.134. The van der Waals surface area contributed by atoms with Crippen molar-refractivity contribution < 1.29 is 4.21 Å². The Morgan fingerprint density at radius 1 is 1.73 bits per heavy atom. The second-order valence-corrected chi connectivity index (χ2v) is 3.57. The van der Waals surface area contributed by atoms with Crippen molar-refractivity contribution in [3.05, 3.63) is 12.4 Å². The van der Waals surface area contributed by atoms with Crippen LogP contribution in [0, 0.1) is 0 Å². The molecule has 1 aromatic heterocycles. The lowest BCUT2D eigenvalue weighted by atomic mass is 10.5. The van der Waals surface area contributed by atoms with E-state index in [2.05, 4.69) is 9.97 Å². The molecule has 1 unspecified atom stereocenters. The lowest BCUT2D eigenvalue weighted by Crippen LogP contribution is -2.06. The van der Waals surface area contributed by atoms with Crippen LogP contribution in [-0.4, -0.2) is 26.5 Å². The van der Waals surface area contributed by atoms with Gasteiger partial charge in [0.15, 0.2) is 5.16 Å². The van der Waals surface area contributed by atoms with E-state index in [-0.39, 0.29) is 0 Å². The predicted molar refractivity (Wildman–Crippen MR) is 43.5 cm³/mol. The molecule has 0 aromatic carbocycles. The molecule has 11 heavy (non-hydrogen) atoms. The third-order valence-corrected chi connectivity index (χ3v) is 2.54. The van der Waals surface area contributed by atoms with Crippen molar-refractivity contribution in [3.63, 3.8) is 0 Å². The first-order valence-corrected chi connectivity index (χ1v) is 4.74. The smallest absolute Gasteiger partial charge is 0.196 e. The normalized spacial score (nSPS) is 13.2. The Bertz CT molecular complexity index is 222. The molecule has 1 rings (SSSR count). The van der Waals surface area contributed by atoms with E-state index in [1.54, 1.807) is 12.4 Å². The molecular formula is C6H11N3OS. The standard InChI is InChI=1S/C6H11N3OS/c7-2-1-5-11(10)6-8-3-4-9-6/h3-4H,1-2,5,7H2,(H,8,9). The van der Waals surface area contributed by atoms with Gasteiger partial charge in [0.1, 0.15) is 0 Å². The van der Waals surface area contributed by atoms with Crippen molar-refractivity contribution in [3.8, 4) is 0 Å². The summed E-state index contributed by atoms with van der Waals surface area (Å²) in [4.78, 5) is 6.67. The van der Waals surface area contributed by atoms with Gasteiger partial charge in [0.25, 0.3) is 0 Å². The Hall–Kier alpha value is -0.680. The molecule has 62 valence electrons. The topological polar surface area (TPSA) is 71.8 Å². The number of rotatable bonds is 4. The third kappa shape index (κ3) is 2.44. The molecule has 0 aliphatic rings. The van der Waals surface area contributed by atoms with Gasteiger partial charge in [-0.05, 0) is 13.0 Å². The van der Waals surface area contributed by atoms with Crippen LogP contribution in [0.25, 0.3) is 0 Å². The monoisotopic (exact) mass is 173 g/mol. The van der Waals surface area contributed by atoms with Crippen molar-refractivity contribution in [1.29, 1.82) is 0 Å². The molecule has 1 aromatic rings. The molecule has 0 bridgehead atoms. The molecule has 5 heteroatoms. The van der Waals surface area contributed by atoms with Crippen LogP contribution in [-0.2, 0) is 10.8 Å². The van der Waals surface area contributed by atoms with Crippen LogP contribution in [0.1, 0.15) is 6.42 Å². The fourth-order valence-electron chi connectivity index (χ4n) is 0.686. The van der Waals surface area contributed by atoms with Gasteiger partial charge in [-0.3, -0.25) is 4.21 Å². The highest BCUT2D eigenvalue weighted by Crippen LogP contribution is 1.98. The maximum atomic E-state index is 11.2. The summed E-state index contributed by atoms with van der Waals surface area (Å²) in [5.74, 6) is 0.587. The summed E-state index contributed by atoms with van der Waals surface area (Å²) in [6, 6.07) is 0. The SMILES string of the molecule is NCCCS(=O)c1ncc[nH]1. The summed E-state index contributed by atoms with van der Waals surface area (Å²) in [7, 11) is -0.999. The van der Waals surface area contributed by atoms with E-state index in [4.69, 9.17) is 5.73 Å². The minimum absolute atomic E-state index is 0.540. The lowest BCUT2D eigenvalue weighted by molar-refractivity contribution is 0.675. The van der Waals surface area contributed by atoms with Gasteiger partial charge in [0, 0.05) is 18.1 Å². The van der Waals surface area contributed by atoms with Crippen LogP contribution < -0.4 is 5.73 Å². The summed E-state index contributed by atoms with van der Waals surface area (Å²) in [5.41, 5.74) is 5.27. The zero-order valence-corrected chi connectivity index (χ0v) is 6.93. The lowest BCUT2D eigenvalue weighted by Gasteiger charge is -1.94. The Morgan fingerprint density at radius 2 is 2.55 bits per heavy atom. The first-order valence-electron chi connectivity index (χ1n) is 3.42. The van der Waals surface area contributed by atoms with Gasteiger partial charge >= 0.3 is 0 Å². The summed E-state index contributed by atoms with van der Waals surface area (Å²) in [6.07, 6.45) is 4.03. The molecule has 0 saturated heterocycles. The zero-order valence-electron chi connectivity index (χ0n) is 6.12. The van der Waals surface area contributed by atoms with Crippen molar-refractivity contribution in [2.75, 3.05) is 12.3 Å². The van der Waals surface area contributed by atoms with Crippen molar-refractivity contribution >= 4 is 10.8 Å². The van der Waals surface area contributed by atoms with Crippen LogP contribution in [0.15, 0.2) is 17.6 Å². The average Bonchev–Trinajstić information content (AvgIpc) is 2.52. The number of nitrogens with two attached hydrogens (primary N) is 1. The highest BCUT2D eigenvalue weighted by molar-refractivity contribution is 7.84. The van der Waals surface area contributed by atoms with Gasteiger partial charge in [-0.2, -0.15) is 0 Å². The van der Waals surface area contributed by atoms with Crippen molar-refractivity contribution in [2.45, 2.75) is 11.6 Å². The van der Waals surface area contributed by atoms with E-state index in [1.165, 1.54) is 0 Å². The summed E-state index contributed by atoms with van der Waals surface area (Å²) in [6.45, 7) is 0.576. The number of aromatic nitrogens is 2.